The number of rotatable bonds is 7. The SMILES string of the molecule is CCN(CC)CCCC(C)C(=O)O. The van der Waals surface area contributed by atoms with Gasteiger partial charge in [-0.1, -0.05) is 20.8 Å². The highest BCUT2D eigenvalue weighted by molar-refractivity contribution is 5.69. The zero-order chi connectivity index (χ0) is 10.3. The van der Waals surface area contributed by atoms with Gasteiger partial charge in [-0.3, -0.25) is 4.79 Å². The second kappa shape index (κ2) is 6.89. The van der Waals surface area contributed by atoms with Crippen molar-refractivity contribution < 1.29 is 9.90 Å². The van der Waals surface area contributed by atoms with Crippen LogP contribution in [-0.2, 0) is 4.79 Å². The van der Waals surface area contributed by atoms with Gasteiger partial charge in [-0.2, -0.15) is 0 Å². The van der Waals surface area contributed by atoms with Crippen molar-refractivity contribution in [3.8, 4) is 0 Å². The Morgan fingerprint density at radius 3 is 2.31 bits per heavy atom. The molecule has 0 aromatic rings. The molecule has 0 aromatic carbocycles. The van der Waals surface area contributed by atoms with Crippen LogP contribution in [-0.4, -0.2) is 35.6 Å². The highest BCUT2D eigenvalue weighted by Gasteiger charge is 2.10. The average molecular weight is 187 g/mol. The van der Waals surface area contributed by atoms with Crippen molar-refractivity contribution in [3.63, 3.8) is 0 Å². The Labute approximate surface area is 80.7 Å². The van der Waals surface area contributed by atoms with E-state index in [0.29, 0.717) is 0 Å². The van der Waals surface area contributed by atoms with Crippen molar-refractivity contribution in [2.24, 2.45) is 5.92 Å². The van der Waals surface area contributed by atoms with Crippen LogP contribution in [0.15, 0.2) is 0 Å². The molecule has 0 aromatic heterocycles. The summed E-state index contributed by atoms with van der Waals surface area (Å²) in [6.07, 6.45) is 1.76. The van der Waals surface area contributed by atoms with E-state index in [1.54, 1.807) is 6.92 Å². The smallest absolute Gasteiger partial charge is 0.306 e. The summed E-state index contributed by atoms with van der Waals surface area (Å²) < 4.78 is 0. The Kier molecular flexibility index (Phi) is 6.59. The molecule has 78 valence electrons. The summed E-state index contributed by atoms with van der Waals surface area (Å²) in [6.45, 7) is 9.15. The van der Waals surface area contributed by atoms with Crippen LogP contribution in [0, 0.1) is 5.92 Å². The molecule has 0 fully saturated rings. The molecule has 0 rings (SSSR count). The van der Waals surface area contributed by atoms with Gasteiger partial charge in [0.05, 0.1) is 5.92 Å². The number of hydrogen-bond donors (Lipinski definition) is 1. The topological polar surface area (TPSA) is 40.5 Å². The van der Waals surface area contributed by atoms with Crippen LogP contribution >= 0.6 is 0 Å². The third-order valence-electron chi connectivity index (χ3n) is 2.43. The standard InChI is InChI=1S/C10H21NO2/c1-4-11(5-2)8-6-7-9(3)10(12)13/h9H,4-8H2,1-3H3,(H,12,13). The van der Waals surface area contributed by atoms with E-state index < -0.39 is 5.97 Å². The largest absolute Gasteiger partial charge is 0.481 e. The lowest BCUT2D eigenvalue weighted by Crippen LogP contribution is -2.24. The lowest BCUT2D eigenvalue weighted by molar-refractivity contribution is -0.141. The Hall–Kier alpha value is -0.570. The first-order valence-electron chi connectivity index (χ1n) is 5.06. The molecule has 0 radical (unpaired) electrons. The maximum atomic E-state index is 10.5. The lowest BCUT2D eigenvalue weighted by Gasteiger charge is -2.18. The fourth-order valence-corrected chi connectivity index (χ4v) is 1.28. The zero-order valence-corrected chi connectivity index (χ0v) is 8.92. The summed E-state index contributed by atoms with van der Waals surface area (Å²) in [7, 11) is 0. The number of hydrogen-bond acceptors (Lipinski definition) is 2. The van der Waals surface area contributed by atoms with Gasteiger partial charge in [0, 0.05) is 0 Å². The monoisotopic (exact) mass is 187 g/mol. The summed E-state index contributed by atoms with van der Waals surface area (Å²) in [5.74, 6) is -0.880. The molecule has 0 saturated heterocycles. The van der Waals surface area contributed by atoms with Crippen LogP contribution in [0.3, 0.4) is 0 Å². The van der Waals surface area contributed by atoms with Crippen molar-refractivity contribution in [1.29, 1.82) is 0 Å². The molecule has 0 spiro atoms. The van der Waals surface area contributed by atoms with Gasteiger partial charge >= 0.3 is 5.97 Å². The minimum absolute atomic E-state index is 0.199. The highest BCUT2D eigenvalue weighted by Crippen LogP contribution is 2.06. The van der Waals surface area contributed by atoms with Crippen LogP contribution < -0.4 is 0 Å². The van der Waals surface area contributed by atoms with Gasteiger partial charge in [0.15, 0.2) is 0 Å². The van der Waals surface area contributed by atoms with Gasteiger partial charge in [0.25, 0.3) is 0 Å². The Bertz CT molecular complexity index is 144. The second-order valence-corrected chi connectivity index (χ2v) is 3.41. The van der Waals surface area contributed by atoms with Gasteiger partial charge in [0.2, 0.25) is 0 Å². The van der Waals surface area contributed by atoms with Crippen LogP contribution in [0.4, 0.5) is 0 Å². The average Bonchev–Trinajstić information content (AvgIpc) is 2.12. The molecule has 0 bridgehead atoms. The van der Waals surface area contributed by atoms with Crippen molar-refractivity contribution in [1.82, 2.24) is 4.90 Å². The summed E-state index contributed by atoms with van der Waals surface area (Å²) in [5, 5.41) is 8.65. The first-order valence-corrected chi connectivity index (χ1v) is 5.06. The van der Waals surface area contributed by atoms with Crippen molar-refractivity contribution in [2.75, 3.05) is 19.6 Å². The number of nitrogens with zero attached hydrogens (tertiary/aromatic N) is 1. The summed E-state index contributed by atoms with van der Waals surface area (Å²) in [6, 6.07) is 0. The predicted molar refractivity (Wildman–Crippen MR) is 53.8 cm³/mol. The van der Waals surface area contributed by atoms with Crippen LogP contribution in [0.2, 0.25) is 0 Å². The normalized spacial score (nSPS) is 13.2. The third kappa shape index (κ3) is 5.64. The maximum Gasteiger partial charge on any atom is 0.306 e. The molecule has 0 aliphatic heterocycles. The molecule has 1 N–H and O–H groups in total. The molecule has 3 heteroatoms. The zero-order valence-electron chi connectivity index (χ0n) is 8.92. The fraction of sp³-hybridized carbons (Fsp3) is 0.900. The summed E-state index contributed by atoms with van der Waals surface area (Å²) >= 11 is 0. The maximum absolute atomic E-state index is 10.5. The molecule has 0 amide bonds. The van der Waals surface area contributed by atoms with Crippen molar-refractivity contribution in [3.05, 3.63) is 0 Å². The van der Waals surface area contributed by atoms with Crippen molar-refractivity contribution in [2.45, 2.75) is 33.6 Å². The highest BCUT2D eigenvalue weighted by atomic mass is 16.4. The van der Waals surface area contributed by atoms with Crippen LogP contribution in [0.1, 0.15) is 33.6 Å². The van der Waals surface area contributed by atoms with E-state index in [2.05, 4.69) is 18.7 Å². The van der Waals surface area contributed by atoms with Gasteiger partial charge in [-0.25, -0.2) is 0 Å². The number of carbonyl (C=O) groups is 1. The molecule has 1 unspecified atom stereocenters. The van der Waals surface area contributed by atoms with Crippen molar-refractivity contribution >= 4 is 5.97 Å². The molecular weight excluding hydrogens is 166 g/mol. The fourth-order valence-electron chi connectivity index (χ4n) is 1.28. The summed E-state index contributed by atoms with van der Waals surface area (Å²) in [5.41, 5.74) is 0. The van der Waals surface area contributed by atoms with E-state index in [9.17, 15) is 4.79 Å². The van der Waals surface area contributed by atoms with E-state index in [1.165, 1.54) is 0 Å². The second-order valence-electron chi connectivity index (χ2n) is 3.41. The van der Waals surface area contributed by atoms with Crippen LogP contribution in [0.25, 0.3) is 0 Å². The van der Waals surface area contributed by atoms with Gasteiger partial charge < -0.3 is 10.0 Å². The predicted octanol–water partition coefficient (Wildman–Crippen LogP) is 1.83. The quantitative estimate of drug-likeness (QED) is 0.661. The number of aliphatic carboxylic acids is 1. The molecule has 13 heavy (non-hydrogen) atoms. The Balaban J connectivity index is 3.48. The summed E-state index contributed by atoms with van der Waals surface area (Å²) in [4.78, 5) is 12.8. The van der Waals surface area contributed by atoms with E-state index in [0.717, 1.165) is 32.5 Å². The van der Waals surface area contributed by atoms with E-state index in [4.69, 9.17) is 5.11 Å². The van der Waals surface area contributed by atoms with E-state index in [-0.39, 0.29) is 5.92 Å². The molecular formula is C10H21NO2. The van der Waals surface area contributed by atoms with E-state index in [1.807, 2.05) is 0 Å². The first kappa shape index (κ1) is 12.4. The molecule has 0 heterocycles. The van der Waals surface area contributed by atoms with Gasteiger partial charge in [-0.05, 0) is 32.5 Å². The minimum Gasteiger partial charge on any atom is -0.481 e. The molecule has 0 aliphatic rings. The lowest BCUT2D eigenvalue weighted by atomic mass is 10.1. The first-order chi connectivity index (χ1) is 6.11. The van der Waals surface area contributed by atoms with Gasteiger partial charge in [-0.15, -0.1) is 0 Å². The molecule has 0 aliphatic carbocycles. The molecule has 0 saturated carbocycles. The van der Waals surface area contributed by atoms with E-state index >= 15 is 0 Å². The van der Waals surface area contributed by atoms with Crippen LogP contribution in [0.5, 0.6) is 0 Å². The molecule has 1 atom stereocenters. The third-order valence-corrected chi connectivity index (χ3v) is 2.43. The molecule has 3 nitrogen and oxygen atoms in total. The Morgan fingerprint density at radius 2 is 1.92 bits per heavy atom. The number of carboxylic acids is 1. The Morgan fingerprint density at radius 1 is 1.38 bits per heavy atom. The van der Waals surface area contributed by atoms with Gasteiger partial charge in [0.1, 0.15) is 0 Å². The minimum atomic E-state index is -0.681. The number of carboxylic acid groups (broad SMARTS) is 1.